The molecule has 0 bridgehead atoms. The van der Waals surface area contributed by atoms with E-state index in [2.05, 4.69) is 25.9 Å². The third-order valence-electron chi connectivity index (χ3n) is 4.76. The quantitative estimate of drug-likeness (QED) is 0.701. The number of nitrogens with zero attached hydrogens (tertiary/aromatic N) is 5. The minimum absolute atomic E-state index is 0.0258. The summed E-state index contributed by atoms with van der Waals surface area (Å²) < 4.78 is 1.33. The van der Waals surface area contributed by atoms with Crippen molar-refractivity contribution in [3.8, 4) is 0 Å². The SMILES string of the molecule is CC(C)Cn1nnc2ccc(NC(=O)CC3N=NC(=O)c4ccccc43)cc2c1=O. The lowest BCUT2D eigenvalue weighted by molar-refractivity contribution is -0.116. The Morgan fingerprint density at radius 1 is 1.17 bits per heavy atom. The van der Waals surface area contributed by atoms with Crippen molar-refractivity contribution in [2.24, 2.45) is 16.1 Å². The minimum atomic E-state index is -0.534. The van der Waals surface area contributed by atoms with E-state index in [4.69, 9.17) is 0 Å². The summed E-state index contributed by atoms with van der Waals surface area (Å²) in [5.41, 5.74) is 1.83. The molecule has 2 aromatic carbocycles. The Hall–Kier alpha value is -3.75. The van der Waals surface area contributed by atoms with Crippen molar-refractivity contribution in [3.63, 3.8) is 0 Å². The average molecular weight is 404 g/mol. The lowest BCUT2D eigenvalue weighted by Gasteiger charge is -2.17. The van der Waals surface area contributed by atoms with Gasteiger partial charge in [-0.3, -0.25) is 14.4 Å². The van der Waals surface area contributed by atoms with Crippen LogP contribution in [0.5, 0.6) is 0 Å². The van der Waals surface area contributed by atoms with Gasteiger partial charge in [0.1, 0.15) is 11.6 Å². The zero-order valence-corrected chi connectivity index (χ0v) is 16.6. The first kappa shape index (κ1) is 19.6. The molecule has 1 aliphatic heterocycles. The lowest BCUT2D eigenvalue weighted by atomic mass is 9.97. The van der Waals surface area contributed by atoms with Gasteiger partial charge < -0.3 is 5.32 Å². The standard InChI is InChI=1S/C21H20N6O3/c1-12(2)11-27-21(30)16-9-13(7-8-17(16)24-26-27)22-19(28)10-18-14-5-3-4-6-15(14)20(29)25-23-18/h3-9,12,18H,10-11H2,1-2H3,(H,22,28). The van der Waals surface area contributed by atoms with Gasteiger partial charge in [0.2, 0.25) is 5.91 Å². The van der Waals surface area contributed by atoms with E-state index in [0.29, 0.717) is 34.3 Å². The Morgan fingerprint density at radius 2 is 1.97 bits per heavy atom. The molecule has 1 unspecified atom stereocenters. The van der Waals surface area contributed by atoms with E-state index < -0.39 is 11.9 Å². The number of carbonyl (C=O) groups is 2. The van der Waals surface area contributed by atoms with Crippen LogP contribution in [-0.4, -0.2) is 26.8 Å². The van der Waals surface area contributed by atoms with Gasteiger partial charge in [-0.1, -0.05) is 37.3 Å². The molecule has 2 amide bonds. The fraction of sp³-hybridized carbons (Fsp3) is 0.286. The molecule has 0 spiro atoms. The summed E-state index contributed by atoms with van der Waals surface area (Å²) in [4.78, 5) is 37.1. The highest BCUT2D eigenvalue weighted by Gasteiger charge is 2.25. The summed E-state index contributed by atoms with van der Waals surface area (Å²) in [5, 5.41) is 18.8. The predicted molar refractivity (Wildman–Crippen MR) is 110 cm³/mol. The van der Waals surface area contributed by atoms with Crippen molar-refractivity contribution in [1.29, 1.82) is 0 Å². The molecule has 9 nitrogen and oxygen atoms in total. The number of hydrogen-bond donors (Lipinski definition) is 1. The molecule has 1 aliphatic rings. The molecule has 3 aromatic rings. The summed E-state index contributed by atoms with van der Waals surface area (Å²) in [6.45, 7) is 4.44. The first-order valence-corrected chi connectivity index (χ1v) is 9.64. The van der Waals surface area contributed by atoms with Crippen LogP contribution in [0.3, 0.4) is 0 Å². The maximum absolute atomic E-state index is 12.7. The number of hydrogen-bond acceptors (Lipinski definition) is 6. The molecule has 30 heavy (non-hydrogen) atoms. The molecule has 152 valence electrons. The number of carbonyl (C=O) groups excluding carboxylic acids is 2. The minimum Gasteiger partial charge on any atom is -0.326 e. The van der Waals surface area contributed by atoms with Crippen molar-refractivity contribution in [2.45, 2.75) is 32.9 Å². The zero-order chi connectivity index (χ0) is 21.3. The highest BCUT2D eigenvalue weighted by atomic mass is 16.2. The van der Waals surface area contributed by atoms with Gasteiger partial charge in [0, 0.05) is 17.8 Å². The number of anilines is 1. The lowest BCUT2D eigenvalue weighted by Crippen LogP contribution is -2.26. The Kier molecular flexibility index (Phi) is 5.18. The maximum Gasteiger partial charge on any atom is 0.295 e. The molecule has 1 N–H and O–H groups in total. The predicted octanol–water partition coefficient (Wildman–Crippen LogP) is 3.12. The molecule has 0 saturated carbocycles. The summed E-state index contributed by atoms with van der Waals surface area (Å²) >= 11 is 0. The van der Waals surface area contributed by atoms with E-state index in [1.165, 1.54) is 4.68 Å². The van der Waals surface area contributed by atoms with Gasteiger partial charge >= 0.3 is 0 Å². The van der Waals surface area contributed by atoms with Crippen LogP contribution in [0.1, 0.15) is 42.2 Å². The van der Waals surface area contributed by atoms with Crippen LogP contribution in [0.2, 0.25) is 0 Å². The average Bonchev–Trinajstić information content (AvgIpc) is 2.72. The van der Waals surface area contributed by atoms with Crippen molar-refractivity contribution in [3.05, 3.63) is 63.9 Å². The number of benzene rings is 2. The monoisotopic (exact) mass is 404 g/mol. The third-order valence-corrected chi connectivity index (χ3v) is 4.76. The van der Waals surface area contributed by atoms with Gasteiger partial charge in [-0.05, 0) is 35.7 Å². The summed E-state index contributed by atoms with van der Waals surface area (Å²) in [5.74, 6) is -0.459. The molecule has 4 rings (SSSR count). The van der Waals surface area contributed by atoms with E-state index in [1.807, 2.05) is 13.8 Å². The smallest absolute Gasteiger partial charge is 0.295 e. The number of amides is 2. The van der Waals surface area contributed by atoms with Crippen molar-refractivity contribution in [2.75, 3.05) is 5.32 Å². The van der Waals surface area contributed by atoms with E-state index >= 15 is 0 Å². The Morgan fingerprint density at radius 3 is 2.77 bits per heavy atom. The van der Waals surface area contributed by atoms with Crippen LogP contribution >= 0.6 is 0 Å². The first-order valence-electron chi connectivity index (χ1n) is 9.64. The number of rotatable bonds is 5. The van der Waals surface area contributed by atoms with Gasteiger partial charge in [0.15, 0.2) is 0 Å². The molecule has 9 heteroatoms. The highest BCUT2D eigenvalue weighted by molar-refractivity contribution is 5.98. The van der Waals surface area contributed by atoms with Crippen molar-refractivity contribution >= 4 is 28.4 Å². The molecular weight excluding hydrogens is 384 g/mol. The third kappa shape index (κ3) is 3.86. The summed E-state index contributed by atoms with van der Waals surface area (Å²) in [6, 6.07) is 11.4. The molecule has 1 aromatic heterocycles. The largest absolute Gasteiger partial charge is 0.326 e. The van der Waals surface area contributed by atoms with Crippen LogP contribution in [0.15, 0.2) is 57.5 Å². The number of fused-ring (bicyclic) bond motifs is 2. The maximum atomic E-state index is 12.7. The van der Waals surface area contributed by atoms with Crippen LogP contribution in [0.25, 0.3) is 10.9 Å². The van der Waals surface area contributed by atoms with Gasteiger partial charge in [-0.15, -0.1) is 10.2 Å². The molecule has 0 saturated heterocycles. The topological polar surface area (TPSA) is 119 Å². The second-order valence-corrected chi connectivity index (χ2v) is 7.58. The number of azo groups is 1. The van der Waals surface area contributed by atoms with Crippen LogP contribution in [-0.2, 0) is 11.3 Å². The fourth-order valence-corrected chi connectivity index (χ4v) is 3.38. The second kappa shape index (κ2) is 7.94. The molecule has 0 radical (unpaired) electrons. The Bertz CT molecular complexity index is 1230. The van der Waals surface area contributed by atoms with Crippen LogP contribution < -0.4 is 10.9 Å². The molecule has 0 aliphatic carbocycles. The van der Waals surface area contributed by atoms with E-state index in [1.54, 1.807) is 42.5 Å². The van der Waals surface area contributed by atoms with Crippen molar-refractivity contribution < 1.29 is 9.59 Å². The summed E-state index contributed by atoms with van der Waals surface area (Å²) in [7, 11) is 0. The first-order chi connectivity index (χ1) is 14.4. The van der Waals surface area contributed by atoms with Crippen LogP contribution in [0, 0.1) is 5.92 Å². The molecular formula is C21H20N6O3. The van der Waals surface area contributed by atoms with Gasteiger partial charge in [-0.25, -0.2) is 4.68 Å². The van der Waals surface area contributed by atoms with Crippen molar-refractivity contribution in [1.82, 2.24) is 15.0 Å². The number of nitrogens with one attached hydrogen (secondary N) is 1. The normalized spacial score (nSPS) is 15.4. The zero-order valence-electron chi connectivity index (χ0n) is 16.6. The van der Waals surface area contributed by atoms with E-state index in [9.17, 15) is 14.4 Å². The number of aromatic nitrogens is 3. The van der Waals surface area contributed by atoms with Crippen LogP contribution in [0.4, 0.5) is 5.69 Å². The highest BCUT2D eigenvalue weighted by Crippen LogP contribution is 2.30. The van der Waals surface area contributed by atoms with E-state index in [-0.39, 0.29) is 23.8 Å². The molecule has 2 heterocycles. The second-order valence-electron chi connectivity index (χ2n) is 7.58. The summed E-state index contributed by atoms with van der Waals surface area (Å²) in [6.07, 6.45) is 0.0258. The fourth-order valence-electron chi connectivity index (χ4n) is 3.38. The molecule has 1 atom stereocenters. The Labute approximate surface area is 171 Å². The van der Waals surface area contributed by atoms with E-state index in [0.717, 1.165) is 0 Å². The Balaban J connectivity index is 1.55. The van der Waals surface area contributed by atoms with Gasteiger partial charge in [0.25, 0.3) is 11.5 Å². The van der Waals surface area contributed by atoms with Gasteiger partial charge in [-0.2, -0.15) is 5.11 Å². The van der Waals surface area contributed by atoms with Gasteiger partial charge in [0.05, 0.1) is 11.8 Å². The molecule has 0 fully saturated rings.